The number of carbonyl (C=O) groups excluding carboxylic acids is 2. The van der Waals surface area contributed by atoms with Gasteiger partial charge in [0.1, 0.15) is 11.6 Å². The van der Waals surface area contributed by atoms with Gasteiger partial charge in [0, 0.05) is 5.25 Å². The van der Waals surface area contributed by atoms with Crippen molar-refractivity contribution in [3.05, 3.63) is 35.9 Å². The molecule has 3 atom stereocenters. The Morgan fingerprint density at radius 3 is 2.84 bits per heavy atom. The number of thioether (sulfide) groups is 1. The molecule has 1 aromatic rings. The Labute approximate surface area is 154 Å². The van der Waals surface area contributed by atoms with Gasteiger partial charge in [0.2, 0.25) is 5.91 Å². The van der Waals surface area contributed by atoms with Gasteiger partial charge >= 0.3 is 0 Å². The number of hydrogen-bond acceptors (Lipinski definition) is 4. The first-order chi connectivity index (χ1) is 12.0. The quantitative estimate of drug-likeness (QED) is 0.809. The van der Waals surface area contributed by atoms with Gasteiger partial charge in [-0.25, -0.2) is 0 Å². The molecule has 0 spiro atoms. The molecular formula is C20H27NO3S. The van der Waals surface area contributed by atoms with E-state index in [2.05, 4.69) is 19.2 Å². The van der Waals surface area contributed by atoms with E-state index < -0.39 is 11.6 Å². The fraction of sp³-hybridized carbons (Fsp3) is 0.600. The molecule has 1 amide bonds. The maximum absolute atomic E-state index is 12.9. The first kappa shape index (κ1) is 18.5. The van der Waals surface area contributed by atoms with Crippen LogP contribution in [0.1, 0.15) is 45.1 Å². The van der Waals surface area contributed by atoms with Gasteiger partial charge in [0.15, 0.2) is 5.78 Å². The van der Waals surface area contributed by atoms with Crippen LogP contribution in [0, 0.1) is 5.92 Å². The third kappa shape index (κ3) is 4.09. The summed E-state index contributed by atoms with van der Waals surface area (Å²) in [7, 11) is 0. The molecular weight excluding hydrogens is 334 g/mol. The largest absolute Gasteiger partial charge is 0.364 e. The zero-order valence-electron chi connectivity index (χ0n) is 15.0. The number of amides is 1. The molecule has 2 aliphatic rings. The molecule has 1 N–H and O–H groups in total. The Kier molecular flexibility index (Phi) is 5.85. The van der Waals surface area contributed by atoms with Gasteiger partial charge in [-0.05, 0) is 37.2 Å². The van der Waals surface area contributed by atoms with E-state index in [1.165, 1.54) is 0 Å². The maximum Gasteiger partial charge on any atom is 0.249 e. The number of ketones is 1. The molecule has 4 nitrogen and oxygen atoms in total. The number of rotatable bonds is 7. The molecule has 1 aromatic carbocycles. The summed E-state index contributed by atoms with van der Waals surface area (Å²) in [5, 5.41) is 3.35. The lowest BCUT2D eigenvalue weighted by atomic mass is 9.92. The molecule has 25 heavy (non-hydrogen) atoms. The molecule has 2 fully saturated rings. The first-order valence-corrected chi connectivity index (χ1v) is 10.2. The Morgan fingerprint density at radius 1 is 1.36 bits per heavy atom. The van der Waals surface area contributed by atoms with E-state index in [-0.39, 0.29) is 16.9 Å². The summed E-state index contributed by atoms with van der Waals surface area (Å²) >= 11 is 1.69. The van der Waals surface area contributed by atoms with E-state index in [0.717, 1.165) is 24.8 Å². The summed E-state index contributed by atoms with van der Waals surface area (Å²) in [6, 6.07) is 9.88. The lowest BCUT2D eigenvalue weighted by Crippen LogP contribution is -2.58. The molecule has 1 saturated carbocycles. The molecule has 1 heterocycles. The molecule has 0 bridgehead atoms. The lowest BCUT2D eigenvalue weighted by molar-refractivity contribution is -0.139. The van der Waals surface area contributed by atoms with Crippen molar-refractivity contribution in [1.29, 1.82) is 0 Å². The third-order valence-electron chi connectivity index (χ3n) is 5.12. The van der Waals surface area contributed by atoms with Gasteiger partial charge in [0.05, 0.1) is 12.4 Å². The SMILES string of the molecule is CC(C)CC(OCc1ccccc1)C(=O)NC12CCCC1SCC2=O. The highest BCUT2D eigenvalue weighted by molar-refractivity contribution is 8.01. The molecule has 136 valence electrons. The van der Waals surface area contributed by atoms with Crippen LogP contribution in [0.15, 0.2) is 30.3 Å². The minimum atomic E-state index is -0.646. The highest BCUT2D eigenvalue weighted by Gasteiger charge is 2.54. The molecule has 1 aliphatic carbocycles. The third-order valence-corrected chi connectivity index (χ3v) is 6.59. The van der Waals surface area contributed by atoms with Crippen LogP contribution in [-0.2, 0) is 20.9 Å². The van der Waals surface area contributed by atoms with Crippen molar-refractivity contribution in [1.82, 2.24) is 5.32 Å². The predicted molar refractivity (Wildman–Crippen MR) is 100 cm³/mol. The van der Waals surface area contributed by atoms with E-state index in [4.69, 9.17) is 4.74 Å². The van der Waals surface area contributed by atoms with Gasteiger partial charge in [-0.15, -0.1) is 11.8 Å². The van der Waals surface area contributed by atoms with Crippen LogP contribution in [0.25, 0.3) is 0 Å². The van der Waals surface area contributed by atoms with Crippen LogP contribution < -0.4 is 5.32 Å². The standard InChI is InChI=1S/C20H27NO3S/c1-14(2)11-16(24-12-15-7-4-3-5-8-15)19(23)21-20-10-6-9-18(20)25-13-17(20)22/h3-5,7-8,14,16,18H,6,9-13H2,1-2H3,(H,21,23). The number of fused-ring (bicyclic) bond motifs is 1. The average molecular weight is 362 g/mol. The van der Waals surface area contributed by atoms with Crippen molar-refractivity contribution in [2.45, 2.75) is 63.0 Å². The van der Waals surface area contributed by atoms with E-state index in [1.807, 2.05) is 30.3 Å². The van der Waals surface area contributed by atoms with E-state index >= 15 is 0 Å². The number of ether oxygens (including phenoxy) is 1. The summed E-state index contributed by atoms with van der Waals surface area (Å²) in [5.74, 6) is 0.911. The lowest BCUT2D eigenvalue weighted by Gasteiger charge is -2.31. The zero-order valence-corrected chi connectivity index (χ0v) is 15.8. The molecule has 0 aromatic heterocycles. The minimum absolute atomic E-state index is 0.132. The second-order valence-corrected chi connectivity index (χ2v) is 8.68. The Bertz CT molecular complexity index is 619. The summed E-state index contributed by atoms with van der Waals surface area (Å²) in [4.78, 5) is 25.4. The van der Waals surface area contributed by atoms with Crippen molar-refractivity contribution in [3.8, 4) is 0 Å². The fourth-order valence-corrected chi connectivity index (χ4v) is 5.32. The second-order valence-electron chi connectivity index (χ2n) is 7.49. The van der Waals surface area contributed by atoms with Gasteiger partial charge in [-0.1, -0.05) is 44.2 Å². The van der Waals surface area contributed by atoms with E-state index in [0.29, 0.717) is 24.7 Å². The monoisotopic (exact) mass is 361 g/mol. The molecule has 0 radical (unpaired) electrons. The second kappa shape index (κ2) is 7.92. The summed E-state index contributed by atoms with van der Waals surface area (Å²) < 4.78 is 5.96. The Hall–Kier alpha value is -1.33. The summed E-state index contributed by atoms with van der Waals surface area (Å²) in [6.45, 7) is 4.57. The Morgan fingerprint density at radius 2 is 2.12 bits per heavy atom. The van der Waals surface area contributed by atoms with E-state index in [1.54, 1.807) is 11.8 Å². The molecule has 1 saturated heterocycles. The predicted octanol–water partition coefficient (Wildman–Crippen LogP) is 3.34. The molecule has 3 unspecified atom stereocenters. The number of Topliss-reactive ketones (excluding diaryl/α,β-unsaturated/α-hetero) is 1. The number of nitrogens with one attached hydrogen (secondary N) is 1. The topological polar surface area (TPSA) is 55.4 Å². The zero-order chi connectivity index (χ0) is 17.9. The van der Waals surface area contributed by atoms with Gasteiger partial charge in [0.25, 0.3) is 0 Å². The van der Waals surface area contributed by atoms with Gasteiger partial charge in [-0.3, -0.25) is 9.59 Å². The number of carbonyl (C=O) groups is 2. The summed E-state index contributed by atoms with van der Waals surface area (Å²) in [5.41, 5.74) is 0.404. The van der Waals surface area contributed by atoms with Crippen molar-refractivity contribution >= 4 is 23.5 Å². The highest BCUT2D eigenvalue weighted by atomic mass is 32.2. The molecule has 1 aliphatic heterocycles. The Balaban J connectivity index is 1.67. The van der Waals surface area contributed by atoms with Gasteiger partial charge in [-0.2, -0.15) is 0 Å². The number of benzene rings is 1. The van der Waals surface area contributed by atoms with Crippen LogP contribution in [0.5, 0.6) is 0 Å². The highest BCUT2D eigenvalue weighted by Crippen LogP contribution is 2.45. The molecule has 3 rings (SSSR count). The van der Waals surface area contributed by atoms with Gasteiger partial charge < -0.3 is 10.1 Å². The maximum atomic E-state index is 12.9. The van der Waals surface area contributed by atoms with Crippen molar-refractivity contribution in [3.63, 3.8) is 0 Å². The first-order valence-electron chi connectivity index (χ1n) is 9.14. The van der Waals surface area contributed by atoms with Crippen LogP contribution in [0.4, 0.5) is 0 Å². The molecule has 5 heteroatoms. The van der Waals surface area contributed by atoms with Crippen LogP contribution in [-0.4, -0.2) is 34.3 Å². The van der Waals surface area contributed by atoms with Crippen LogP contribution in [0.2, 0.25) is 0 Å². The normalized spacial score (nSPS) is 26.7. The van der Waals surface area contributed by atoms with Crippen molar-refractivity contribution < 1.29 is 14.3 Å². The fourth-order valence-electron chi connectivity index (χ4n) is 3.79. The van der Waals surface area contributed by atoms with Crippen molar-refractivity contribution in [2.75, 3.05) is 5.75 Å². The van der Waals surface area contributed by atoms with Crippen molar-refractivity contribution in [2.24, 2.45) is 5.92 Å². The van der Waals surface area contributed by atoms with Crippen LogP contribution >= 0.6 is 11.8 Å². The van der Waals surface area contributed by atoms with Crippen LogP contribution in [0.3, 0.4) is 0 Å². The minimum Gasteiger partial charge on any atom is -0.364 e. The smallest absolute Gasteiger partial charge is 0.249 e. The number of hydrogen-bond donors (Lipinski definition) is 1. The van der Waals surface area contributed by atoms with E-state index in [9.17, 15) is 9.59 Å². The average Bonchev–Trinajstić information content (AvgIpc) is 3.12. The summed E-state index contributed by atoms with van der Waals surface area (Å²) in [6.07, 6.45) is 2.91.